The summed E-state index contributed by atoms with van der Waals surface area (Å²) in [4.78, 5) is 0.426. The Hall–Kier alpha value is 0.0900. The van der Waals surface area contributed by atoms with E-state index in [0.29, 0.717) is 16.7 Å². The first-order valence-electron chi connectivity index (χ1n) is 6.81. The molecule has 3 nitrogen and oxygen atoms in total. The highest BCUT2D eigenvalue weighted by molar-refractivity contribution is 9.25. The molecule has 1 aliphatic heterocycles. The van der Waals surface area contributed by atoms with Crippen LogP contribution in [0, 0.1) is 18.8 Å². The van der Waals surface area contributed by atoms with Crippen LogP contribution < -0.4 is 0 Å². The van der Waals surface area contributed by atoms with Crippen molar-refractivity contribution in [2.75, 3.05) is 0 Å². The van der Waals surface area contributed by atoms with Crippen LogP contribution >= 0.6 is 31.9 Å². The fourth-order valence-electron chi connectivity index (χ4n) is 3.64. The van der Waals surface area contributed by atoms with Crippen molar-refractivity contribution in [3.05, 3.63) is 29.8 Å². The predicted octanol–water partition coefficient (Wildman–Crippen LogP) is 3.26. The Kier molecular flexibility index (Phi) is 2.81. The van der Waals surface area contributed by atoms with Gasteiger partial charge in [-0.25, -0.2) is 8.42 Å². The summed E-state index contributed by atoms with van der Waals surface area (Å²) in [5, 5.41) is 0. The van der Waals surface area contributed by atoms with Crippen LogP contribution in [-0.2, 0) is 10.0 Å². The highest BCUT2D eigenvalue weighted by Gasteiger charge is 2.72. The molecule has 20 heavy (non-hydrogen) atoms. The molecule has 0 bridgehead atoms. The average Bonchev–Trinajstić information content (AvgIpc) is 3.23. The summed E-state index contributed by atoms with van der Waals surface area (Å²) in [5.41, 5.74) is 1.08. The van der Waals surface area contributed by atoms with Crippen LogP contribution in [0.3, 0.4) is 0 Å². The molecule has 1 aromatic rings. The molecule has 2 saturated carbocycles. The summed E-state index contributed by atoms with van der Waals surface area (Å²) < 4.78 is 27.1. The highest BCUT2D eigenvalue weighted by Crippen LogP contribution is 2.71. The minimum Gasteiger partial charge on any atom is -0.207 e. The lowest BCUT2D eigenvalue weighted by Crippen LogP contribution is -2.16. The molecule has 1 aromatic carbocycles. The zero-order chi connectivity index (χ0) is 14.3. The van der Waals surface area contributed by atoms with Crippen LogP contribution in [0.5, 0.6) is 0 Å². The molecule has 4 rings (SSSR count). The van der Waals surface area contributed by atoms with E-state index in [9.17, 15) is 8.42 Å². The van der Waals surface area contributed by atoms with Gasteiger partial charge in [0.1, 0.15) is 0 Å². The number of benzene rings is 1. The average molecular weight is 421 g/mol. The molecule has 0 N–H and O–H groups in total. The monoisotopic (exact) mass is 419 g/mol. The third-order valence-electron chi connectivity index (χ3n) is 4.96. The molecule has 3 aliphatic rings. The summed E-state index contributed by atoms with van der Waals surface area (Å²) in [6, 6.07) is 7.57. The molecule has 5 atom stereocenters. The van der Waals surface area contributed by atoms with E-state index >= 15 is 0 Å². The van der Waals surface area contributed by atoms with Gasteiger partial charge in [-0.3, -0.25) is 0 Å². The molecule has 0 amide bonds. The van der Waals surface area contributed by atoms with Crippen molar-refractivity contribution in [2.24, 2.45) is 11.8 Å². The summed E-state index contributed by atoms with van der Waals surface area (Å²) in [6.07, 6.45) is 1.94. The number of hydrogen-bond acceptors (Lipinski definition) is 2. The topological polar surface area (TPSA) is 37.1 Å². The van der Waals surface area contributed by atoms with Crippen molar-refractivity contribution in [3.63, 3.8) is 0 Å². The van der Waals surface area contributed by atoms with E-state index in [2.05, 4.69) is 31.9 Å². The highest BCUT2D eigenvalue weighted by atomic mass is 79.9. The molecule has 1 saturated heterocycles. The lowest BCUT2D eigenvalue weighted by Gasteiger charge is -2.07. The standard InChI is InChI=1S/C14H15Br2NO2S/c1-8-2-4-9(5-3-8)20(18,19)17-12-6-10-11(7-13(12)17)14(10,15)16/h2-5,10-13H,6-7H2,1H3/t10-,11+,12-,13+,17?. The maximum absolute atomic E-state index is 12.7. The minimum atomic E-state index is -3.30. The molecule has 0 aromatic heterocycles. The van der Waals surface area contributed by atoms with Gasteiger partial charge in [-0.15, -0.1) is 0 Å². The SMILES string of the molecule is Cc1ccc(S(=O)(=O)N2[C@@H]3C[C@@H]4[C@H](C[C@@H]32)C4(Br)Br)cc1. The second-order valence-corrected chi connectivity index (χ2v) is 11.7. The first-order chi connectivity index (χ1) is 9.33. The summed E-state index contributed by atoms with van der Waals surface area (Å²) in [5.74, 6) is 1.14. The number of rotatable bonds is 2. The first kappa shape index (κ1) is 13.7. The van der Waals surface area contributed by atoms with Crippen molar-refractivity contribution in [3.8, 4) is 0 Å². The van der Waals surface area contributed by atoms with Crippen molar-refractivity contribution in [1.29, 1.82) is 0 Å². The van der Waals surface area contributed by atoms with Crippen LogP contribution in [0.4, 0.5) is 0 Å². The second-order valence-electron chi connectivity index (χ2n) is 6.14. The maximum atomic E-state index is 12.7. The molecular weight excluding hydrogens is 406 g/mol. The Balaban J connectivity index is 1.57. The minimum absolute atomic E-state index is 0.0761. The van der Waals surface area contributed by atoms with Crippen molar-refractivity contribution in [2.45, 2.75) is 40.0 Å². The lowest BCUT2D eigenvalue weighted by atomic mass is 10.0. The molecule has 0 spiro atoms. The van der Waals surface area contributed by atoms with E-state index in [1.165, 1.54) is 0 Å². The Morgan fingerprint density at radius 3 is 2.10 bits per heavy atom. The van der Waals surface area contributed by atoms with E-state index < -0.39 is 10.0 Å². The van der Waals surface area contributed by atoms with Crippen LogP contribution in [0.2, 0.25) is 0 Å². The molecule has 3 fully saturated rings. The third kappa shape index (κ3) is 1.81. The number of halogens is 2. The van der Waals surface area contributed by atoms with Crippen LogP contribution in [0.15, 0.2) is 29.2 Å². The van der Waals surface area contributed by atoms with Crippen LogP contribution in [0.25, 0.3) is 0 Å². The quantitative estimate of drug-likeness (QED) is 0.543. The Bertz CT molecular complexity index is 651. The lowest BCUT2D eigenvalue weighted by molar-refractivity contribution is 0.541. The van der Waals surface area contributed by atoms with Crippen molar-refractivity contribution in [1.82, 2.24) is 4.31 Å². The van der Waals surface area contributed by atoms with Gasteiger partial charge in [0.05, 0.1) is 8.13 Å². The number of nitrogens with zero attached hydrogens (tertiary/aromatic N) is 1. The van der Waals surface area contributed by atoms with Crippen molar-refractivity contribution >= 4 is 41.9 Å². The zero-order valence-electron chi connectivity index (χ0n) is 11.0. The summed E-state index contributed by atoms with van der Waals surface area (Å²) in [6.45, 7) is 1.96. The van der Waals surface area contributed by atoms with Gasteiger partial charge >= 0.3 is 0 Å². The van der Waals surface area contributed by atoms with Crippen LogP contribution in [-0.4, -0.2) is 28.0 Å². The number of alkyl halides is 2. The van der Waals surface area contributed by atoms with E-state index in [-0.39, 0.29) is 15.3 Å². The zero-order valence-corrected chi connectivity index (χ0v) is 14.9. The largest absolute Gasteiger partial charge is 0.243 e. The smallest absolute Gasteiger partial charge is 0.207 e. The molecule has 0 radical (unpaired) electrons. The third-order valence-corrected chi connectivity index (χ3v) is 9.28. The summed E-state index contributed by atoms with van der Waals surface area (Å²) in [7, 11) is -3.30. The normalized spacial score (nSPS) is 40.6. The molecule has 6 heteroatoms. The van der Waals surface area contributed by atoms with Gasteiger partial charge in [-0.1, -0.05) is 49.6 Å². The van der Waals surface area contributed by atoms with Gasteiger partial charge in [0.15, 0.2) is 0 Å². The number of fused-ring (bicyclic) bond motifs is 2. The van der Waals surface area contributed by atoms with E-state index in [1.807, 2.05) is 19.1 Å². The molecule has 1 unspecified atom stereocenters. The van der Waals surface area contributed by atoms with E-state index in [0.717, 1.165) is 18.4 Å². The Morgan fingerprint density at radius 1 is 1.10 bits per heavy atom. The Labute approximate surface area is 136 Å². The van der Waals surface area contributed by atoms with E-state index in [1.54, 1.807) is 16.4 Å². The van der Waals surface area contributed by atoms with E-state index in [4.69, 9.17) is 0 Å². The molecule has 2 aliphatic carbocycles. The Morgan fingerprint density at radius 2 is 1.60 bits per heavy atom. The number of sulfonamides is 1. The fourth-order valence-corrected chi connectivity index (χ4v) is 7.24. The number of hydrogen-bond donors (Lipinski definition) is 0. The molecule has 1 heterocycles. The van der Waals surface area contributed by atoms with Gasteiger partial charge in [-0.05, 0) is 43.7 Å². The van der Waals surface area contributed by atoms with Crippen LogP contribution in [0.1, 0.15) is 18.4 Å². The summed E-state index contributed by atoms with van der Waals surface area (Å²) >= 11 is 7.40. The fraction of sp³-hybridized carbons (Fsp3) is 0.571. The second kappa shape index (κ2) is 4.09. The maximum Gasteiger partial charge on any atom is 0.243 e. The van der Waals surface area contributed by atoms with Gasteiger partial charge in [0, 0.05) is 12.1 Å². The van der Waals surface area contributed by atoms with Gasteiger partial charge < -0.3 is 0 Å². The van der Waals surface area contributed by atoms with Gasteiger partial charge in [0.25, 0.3) is 0 Å². The molecular formula is C14H15Br2NO2S. The van der Waals surface area contributed by atoms with Gasteiger partial charge in [-0.2, -0.15) is 4.31 Å². The predicted molar refractivity (Wildman–Crippen MR) is 84.6 cm³/mol. The van der Waals surface area contributed by atoms with Crippen molar-refractivity contribution < 1.29 is 8.42 Å². The molecule has 108 valence electrons. The van der Waals surface area contributed by atoms with Gasteiger partial charge in [0.2, 0.25) is 10.0 Å². The number of aryl methyl sites for hydroxylation is 1. The first-order valence-corrected chi connectivity index (χ1v) is 9.84.